The van der Waals surface area contributed by atoms with Crippen molar-refractivity contribution in [2.45, 2.75) is 64.3 Å². The molecule has 0 N–H and O–H groups in total. The molecule has 0 aliphatic heterocycles. The highest BCUT2D eigenvalue weighted by molar-refractivity contribution is 7.80. The van der Waals surface area contributed by atoms with Crippen molar-refractivity contribution >= 4 is 22.3 Å². The molecular weight excluding hydrogens is 533 g/mol. The van der Waals surface area contributed by atoms with E-state index in [1.54, 1.807) is 17.8 Å². The van der Waals surface area contributed by atoms with E-state index in [4.69, 9.17) is 4.74 Å². The molecule has 2 aromatic rings. The first kappa shape index (κ1) is 33.1. The summed E-state index contributed by atoms with van der Waals surface area (Å²) in [6.07, 6.45) is 6.40. The van der Waals surface area contributed by atoms with Gasteiger partial charge in [0.2, 0.25) is 16.7 Å². The SMILES string of the molecule is CCCCCCCCOS(=O)(=O)[O-].COC(=O)C(C(=O)OCc1ccc(C(F)(F)F)cc1)[n+]1ccn(C)c1. The number of ether oxygens (including phenoxy) is 2. The molecule has 0 saturated carbocycles. The van der Waals surface area contributed by atoms with Crippen LogP contribution in [0, 0.1) is 0 Å². The molecule has 1 aromatic carbocycles. The van der Waals surface area contributed by atoms with E-state index < -0.39 is 40.1 Å². The molecule has 0 aliphatic rings. The van der Waals surface area contributed by atoms with Gasteiger partial charge in [0.15, 0.2) is 0 Å². The molecule has 0 bridgehead atoms. The van der Waals surface area contributed by atoms with Crippen molar-refractivity contribution in [3.05, 3.63) is 54.1 Å². The van der Waals surface area contributed by atoms with Crippen molar-refractivity contribution < 1.29 is 54.0 Å². The summed E-state index contributed by atoms with van der Waals surface area (Å²) in [5, 5.41) is 0. The molecule has 1 aromatic heterocycles. The van der Waals surface area contributed by atoms with Crippen LogP contribution in [0.1, 0.15) is 62.6 Å². The second-order valence-corrected chi connectivity index (χ2v) is 9.30. The molecular formula is C24H33F3N2O8S. The first-order chi connectivity index (χ1) is 17.8. The number of rotatable bonds is 13. The quantitative estimate of drug-likeness (QED) is 0.0899. The average molecular weight is 567 g/mol. The van der Waals surface area contributed by atoms with Gasteiger partial charge in [-0.3, -0.25) is 4.18 Å². The summed E-state index contributed by atoms with van der Waals surface area (Å²) in [5.41, 5.74) is -0.433. The largest absolute Gasteiger partial charge is 0.726 e. The van der Waals surface area contributed by atoms with E-state index in [1.807, 2.05) is 0 Å². The molecule has 0 radical (unpaired) electrons. The summed E-state index contributed by atoms with van der Waals surface area (Å²) in [6, 6.07) is 2.87. The lowest BCUT2D eigenvalue weighted by molar-refractivity contribution is -0.698. The zero-order chi connectivity index (χ0) is 28.8. The molecule has 0 amide bonds. The zero-order valence-corrected chi connectivity index (χ0v) is 22.3. The van der Waals surface area contributed by atoms with Crippen molar-refractivity contribution in [3.63, 3.8) is 0 Å². The molecule has 0 saturated heterocycles. The fraction of sp³-hybridized carbons (Fsp3) is 0.542. The third-order valence-electron chi connectivity index (χ3n) is 5.12. The highest BCUT2D eigenvalue weighted by Gasteiger charge is 2.36. The van der Waals surface area contributed by atoms with Crippen LogP contribution in [0.2, 0.25) is 0 Å². The summed E-state index contributed by atoms with van der Waals surface area (Å²) in [5.74, 6) is -1.68. The van der Waals surface area contributed by atoms with Gasteiger partial charge in [0, 0.05) is 0 Å². The van der Waals surface area contributed by atoms with E-state index in [0.717, 1.165) is 32.1 Å². The van der Waals surface area contributed by atoms with Gasteiger partial charge in [0.05, 0.1) is 26.3 Å². The van der Waals surface area contributed by atoms with Crippen LogP contribution >= 0.6 is 0 Å². The van der Waals surface area contributed by atoms with E-state index in [2.05, 4.69) is 15.8 Å². The second-order valence-electron chi connectivity index (χ2n) is 8.25. The number of nitrogens with zero attached hydrogens (tertiary/aromatic N) is 2. The molecule has 1 atom stereocenters. The van der Waals surface area contributed by atoms with Crippen molar-refractivity contribution in [1.29, 1.82) is 0 Å². The maximum absolute atomic E-state index is 12.5. The number of hydrogen-bond donors (Lipinski definition) is 0. The Hall–Kier alpha value is -2.97. The molecule has 10 nitrogen and oxygen atoms in total. The molecule has 2 rings (SSSR count). The number of alkyl halides is 3. The fourth-order valence-corrected chi connectivity index (χ4v) is 3.46. The number of aromatic nitrogens is 2. The van der Waals surface area contributed by atoms with Crippen LogP contribution in [0.5, 0.6) is 0 Å². The number of imidazole rings is 1. The fourth-order valence-electron chi connectivity index (χ4n) is 3.14. The Labute approximate surface area is 220 Å². The number of hydrogen-bond acceptors (Lipinski definition) is 8. The maximum Gasteiger partial charge on any atom is 0.416 e. The summed E-state index contributed by atoms with van der Waals surface area (Å²) in [4.78, 5) is 24.1. The monoisotopic (exact) mass is 566 g/mol. The van der Waals surface area contributed by atoms with Gasteiger partial charge in [0.25, 0.3) is 6.04 Å². The summed E-state index contributed by atoms with van der Waals surface area (Å²) in [6.45, 7) is 1.89. The zero-order valence-electron chi connectivity index (χ0n) is 21.5. The molecule has 0 fully saturated rings. The van der Waals surface area contributed by atoms with Gasteiger partial charge in [-0.2, -0.15) is 13.2 Å². The minimum atomic E-state index is -4.47. The lowest BCUT2D eigenvalue weighted by atomic mass is 10.1. The number of methoxy groups -OCH3 is 1. The van der Waals surface area contributed by atoms with Crippen LogP contribution in [0.3, 0.4) is 0 Å². The van der Waals surface area contributed by atoms with Crippen LogP contribution in [-0.4, -0.2) is 43.2 Å². The topological polar surface area (TPSA) is 128 Å². The van der Waals surface area contributed by atoms with Crippen LogP contribution in [0.15, 0.2) is 43.0 Å². The predicted octanol–water partition coefficient (Wildman–Crippen LogP) is 3.61. The number of esters is 2. The molecule has 14 heteroatoms. The summed E-state index contributed by atoms with van der Waals surface area (Å²) >= 11 is 0. The Balaban J connectivity index is 0.000000471. The normalized spacial score (nSPS) is 12.3. The molecule has 38 heavy (non-hydrogen) atoms. The average Bonchev–Trinajstić information content (AvgIpc) is 3.27. The third kappa shape index (κ3) is 13.0. The first-order valence-corrected chi connectivity index (χ1v) is 13.1. The first-order valence-electron chi connectivity index (χ1n) is 11.8. The number of benzene rings is 1. The number of carbonyl (C=O) groups is 2. The van der Waals surface area contributed by atoms with Gasteiger partial charge in [-0.1, -0.05) is 51.2 Å². The smallest absolute Gasteiger partial charge is 0.416 e. The Kier molecular flexibility index (Phi) is 14.0. The highest BCUT2D eigenvalue weighted by Crippen LogP contribution is 2.29. The van der Waals surface area contributed by atoms with Gasteiger partial charge >= 0.3 is 18.1 Å². The van der Waals surface area contributed by atoms with Crippen molar-refractivity contribution in [3.8, 4) is 0 Å². The van der Waals surface area contributed by atoms with Gasteiger partial charge in [-0.15, -0.1) is 0 Å². The lowest BCUT2D eigenvalue weighted by Gasteiger charge is -2.12. The minimum absolute atomic E-state index is 0.0258. The standard InChI is InChI=1S/C16H16F3N2O4.C8H18O4S/c1-20-7-8-21(10-20)13(14(22)24-2)15(23)25-9-11-3-5-12(6-4-11)16(17,18)19;1-2-3-4-5-6-7-8-12-13(9,10)11/h3-8,10,13H,9H2,1-2H3;2-8H2,1H3,(H,9,10,11)/q+1;/p-1. The molecule has 1 heterocycles. The van der Waals surface area contributed by atoms with E-state index in [-0.39, 0.29) is 13.2 Å². The highest BCUT2D eigenvalue weighted by atomic mass is 32.3. The van der Waals surface area contributed by atoms with Gasteiger partial charge < -0.3 is 14.0 Å². The Morgan fingerprint density at radius 3 is 2.16 bits per heavy atom. The van der Waals surface area contributed by atoms with Gasteiger partial charge in [0.1, 0.15) is 19.0 Å². The third-order valence-corrected chi connectivity index (χ3v) is 5.58. The molecule has 0 aliphatic carbocycles. The van der Waals surface area contributed by atoms with Crippen molar-refractivity contribution in [2.24, 2.45) is 7.05 Å². The van der Waals surface area contributed by atoms with E-state index in [9.17, 15) is 35.7 Å². The van der Waals surface area contributed by atoms with E-state index >= 15 is 0 Å². The molecule has 0 spiro atoms. The van der Waals surface area contributed by atoms with Crippen LogP contribution in [0.4, 0.5) is 13.2 Å². The molecule has 214 valence electrons. The van der Waals surface area contributed by atoms with Crippen LogP contribution < -0.4 is 4.57 Å². The van der Waals surface area contributed by atoms with Crippen LogP contribution in [0.25, 0.3) is 0 Å². The number of unbranched alkanes of at least 4 members (excludes halogenated alkanes) is 5. The van der Waals surface area contributed by atoms with E-state index in [1.165, 1.54) is 48.5 Å². The van der Waals surface area contributed by atoms with E-state index in [0.29, 0.717) is 12.0 Å². The Bertz CT molecular complexity index is 1100. The van der Waals surface area contributed by atoms with Crippen molar-refractivity contribution in [2.75, 3.05) is 13.7 Å². The van der Waals surface area contributed by atoms with Crippen molar-refractivity contribution in [1.82, 2.24) is 4.57 Å². The summed E-state index contributed by atoms with van der Waals surface area (Å²) < 4.78 is 84.2. The van der Waals surface area contributed by atoms with Gasteiger partial charge in [-0.05, 0) is 24.1 Å². The maximum atomic E-state index is 12.5. The summed E-state index contributed by atoms with van der Waals surface area (Å²) in [7, 11) is -1.62. The second kappa shape index (κ2) is 16.1. The van der Waals surface area contributed by atoms with Gasteiger partial charge in [-0.25, -0.2) is 27.1 Å². The Morgan fingerprint density at radius 2 is 1.66 bits per heavy atom. The minimum Gasteiger partial charge on any atom is -0.726 e. The number of aryl methyl sites for hydroxylation is 1. The molecule has 1 unspecified atom stereocenters. The van der Waals surface area contributed by atoms with Crippen LogP contribution in [-0.2, 0) is 53.5 Å². The number of halogens is 3. The Morgan fingerprint density at radius 1 is 1.05 bits per heavy atom. The predicted molar refractivity (Wildman–Crippen MR) is 127 cm³/mol. The lowest BCUT2D eigenvalue weighted by Crippen LogP contribution is -2.48. The number of carbonyl (C=O) groups excluding carboxylic acids is 2.